The molecule has 0 bridgehead atoms. The first kappa shape index (κ1) is 21.4. The summed E-state index contributed by atoms with van der Waals surface area (Å²) in [6, 6.07) is 12.9. The molecule has 0 aliphatic carbocycles. The Kier molecular flexibility index (Phi) is 5.65. The monoisotopic (exact) mass is 488 g/mol. The van der Waals surface area contributed by atoms with Crippen molar-refractivity contribution in [2.45, 2.75) is 17.7 Å². The molecule has 3 heterocycles. The molecule has 1 saturated heterocycles. The Morgan fingerprint density at radius 2 is 2.06 bits per heavy atom. The Bertz CT molecular complexity index is 1340. The minimum atomic E-state index is -3.00. The third-order valence-electron chi connectivity index (χ3n) is 5.64. The molecule has 1 aromatic heterocycles. The van der Waals surface area contributed by atoms with Crippen molar-refractivity contribution in [1.29, 1.82) is 0 Å². The lowest BCUT2D eigenvalue weighted by Crippen LogP contribution is -2.25. The summed E-state index contributed by atoms with van der Waals surface area (Å²) >= 11 is 7.73. The number of H-pyrrole nitrogens is 1. The van der Waals surface area contributed by atoms with Crippen LogP contribution in [0.5, 0.6) is 0 Å². The number of carbonyl (C=O) groups is 1. The summed E-state index contributed by atoms with van der Waals surface area (Å²) < 4.78 is 23.5. The van der Waals surface area contributed by atoms with Gasteiger partial charge in [-0.25, -0.2) is 8.42 Å². The summed E-state index contributed by atoms with van der Waals surface area (Å²) in [5.74, 6) is 0.0417. The number of sulfone groups is 1. The number of aliphatic imine (C=N–C) groups is 1. The highest BCUT2D eigenvalue weighted by atomic mass is 35.5. The largest absolute Gasteiger partial charge is 0.361 e. The third kappa shape index (κ3) is 4.37. The number of benzene rings is 2. The number of hydrogen-bond donors (Lipinski definition) is 3. The lowest BCUT2D eigenvalue weighted by molar-refractivity contribution is 0.0954. The van der Waals surface area contributed by atoms with Gasteiger partial charge in [0.1, 0.15) is 0 Å². The number of carbonyl (C=O) groups excluding carboxylic acids is 1. The van der Waals surface area contributed by atoms with E-state index in [2.05, 4.69) is 26.7 Å². The van der Waals surface area contributed by atoms with Crippen molar-refractivity contribution in [3.8, 4) is 0 Å². The van der Waals surface area contributed by atoms with Crippen molar-refractivity contribution >= 4 is 60.9 Å². The zero-order valence-electron chi connectivity index (χ0n) is 17.0. The number of rotatable bonds is 5. The van der Waals surface area contributed by atoms with Crippen LogP contribution in [0.25, 0.3) is 10.9 Å². The Morgan fingerprint density at radius 3 is 2.91 bits per heavy atom. The van der Waals surface area contributed by atoms with Gasteiger partial charge in [-0.2, -0.15) is 0 Å². The van der Waals surface area contributed by atoms with Gasteiger partial charge in [-0.15, -0.1) is 0 Å². The van der Waals surface area contributed by atoms with Crippen LogP contribution in [-0.2, 0) is 16.3 Å². The number of amides is 1. The van der Waals surface area contributed by atoms with E-state index in [0.29, 0.717) is 34.4 Å². The summed E-state index contributed by atoms with van der Waals surface area (Å²) in [4.78, 5) is 20.4. The third-order valence-corrected chi connectivity index (χ3v) is 9.11. The zero-order valence-corrected chi connectivity index (χ0v) is 19.4. The maximum Gasteiger partial charge on any atom is 0.251 e. The van der Waals surface area contributed by atoms with E-state index in [9.17, 15) is 13.2 Å². The molecule has 0 saturated carbocycles. The summed E-state index contributed by atoms with van der Waals surface area (Å²) in [7, 11) is -3.00. The zero-order chi connectivity index (χ0) is 22.3. The maximum atomic E-state index is 12.7. The molecule has 5 rings (SSSR count). The highest BCUT2D eigenvalue weighted by molar-refractivity contribution is 8.15. The van der Waals surface area contributed by atoms with Crippen LogP contribution in [0.1, 0.15) is 15.9 Å². The van der Waals surface area contributed by atoms with Crippen LogP contribution in [0.4, 0.5) is 5.69 Å². The van der Waals surface area contributed by atoms with Gasteiger partial charge in [-0.05, 0) is 36.2 Å². The van der Waals surface area contributed by atoms with E-state index in [4.69, 9.17) is 11.6 Å². The van der Waals surface area contributed by atoms with Gasteiger partial charge in [0.2, 0.25) is 0 Å². The van der Waals surface area contributed by atoms with Crippen LogP contribution >= 0.6 is 23.4 Å². The first-order valence-corrected chi connectivity index (χ1v) is 13.3. The van der Waals surface area contributed by atoms with E-state index in [1.165, 1.54) is 11.8 Å². The van der Waals surface area contributed by atoms with Gasteiger partial charge < -0.3 is 15.6 Å². The molecule has 1 amide bonds. The molecule has 1 fully saturated rings. The fraction of sp³-hybridized carbons (Fsp3) is 0.273. The second kappa shape index (κ2) is 8.46. The van der Waals surface area contributed by atoms with E-state index in [1.54, 1.807) is 18.2 Å². The van der Waals surface area contributed by atoms with Gasteiger partial charge in [0.25, 0.3) is 5.91 Å². The summed E-state index contributed by atoms with van der Waals surface area (Å²) in [6.45, 7) is 0.506. The normalized spacial score (nSPS) is 21.3. The topological polar surface area (TPSA) is 103 Å². The summed E-state index contributed by atoms with van der Waals surface area (Å²) in [5.41, 5.74) is 3.30. The van der Waals surface area contributed by atoms with Crippen molar-refractivity contribution in [3.05, 3.63) is 64.8 Å². The van der Waals surface area contributed by atoms with Crippen LogP contribution in [0.3, 0.4) is 0 Å². The van der Waals surface area contributed by atoms with Gasteiger partial charge in [-0.3, -0.25) is 9.79 Å². The fourth-order valence-corrected chi connectivity index (χ4v) is 7.88. The van der Waals surface area contributed by atoms with Gasteiger partial charge in [-0.1, -0.05) is 41.6 Å². The molecule has 2 aliphatic heterocycles. The SMILES string of the molecule is O=C(NCCc1c[nH]c2ccccc12)c1ccc(Cl)c(NC2=N[C@H]3CS(=O)(=O)C[C@H]3S2)c1. The summed E-state index contributed by atoms with van der Waals surface area (Å²) in [5, 5.41) is 8.32. The van der Waals surface area contributed by atoms with Gasteiger partial charge in [0.15, 0.2) is 15.0 Å². The number of halogens is 1. The maximum absolute atomic E-state index is 12.7. The van der Waals surface area contributed by atoms with Crippen molar-refractivity contribution in [3.63, 3.8) is 0 Å². The summed E-state index contributed by atoms with van der Waals surface area (Å²) in [6.07, 6.45) is 2.69. The predicted molar refractivity (Wildman–Crippen MR) is 131 cm³/mol. The molecule has 10 heteroatoms. The highest BCUT2D eigenvalue weighted by Gasteiger charge is 2.42. The molecule has 2 aliphatic rings. The first-order valence-electron chi connectivity index (χ1n) is 10.2. The number of nitrogens with zero attached hydrogens (tertiary/aromatic N) is 1. The lowest BCUT2D eigenvalue weighted by atomic mass is 10.1. The van der Waals surface area contributed by atoms with Gasteiger partial charge >= 0.3 is 0 Å². The van der Waals surface area contributed by atoms with Crippen molar-refractivity contribution in [2.24, 2.45) is 4.99 Å². The van der Waals surface area contributed by atoms with E-state index < -0.39 is 9.84 Å². The average molecular weight is 489 g/mol. The second-order valence-electron chi connectivity index (χ2n) is 7.92. The van der Waals surface area contributed by atoms with E-state index in [0.717, 1.165) is 16.5 Å². The number of fused-ring (bicyclic) bond motifs is 2. The predicted octanol–water partition coefficient (Wildman–Crippen LogP) is 3.47. The second-order valence-corrected chi connectivity index (χ2v) is 11.7. The Hall–Kier alpha value is -2.49. The van der Waals surface area contributed by atoms with Crippen LogP contribution in [0.15, 0.2) is 53.7 Å². The fourth-order valence-electron chi connectivity index (χ4n) is 4.04. The Labute approximate surface area is 194 Å². The quantitative estimate of drug-likeness (QED) is 0.510. The van der Waals surface area contributed by atoms with Crippen molar-refractivity contribution in [2.75, 3.05) is 23.4 Å². The van der Waals surface area contributed by atoms with Crippen LogP contribution < -0.4 is 10.6 Å². The first-order chi connectivity index (χ1) is 15.4. The molecule has 3 aromatic rings. The van der Waals surface area contributed by atoms with Crippen molar-refractivity contribution < 1.29 is 13.2 Å². The molecule has 7 nitrogen and oxygen atoms in total. The van der Waals surface area contributed by atoms with Crippen molar-refractivity contribution in [1.82, 2.24) is 10.3 Å². The van der Waals surface area contributed by atoms with Crippen LogP contribution in [0.2, 0.25) is 5.02 Å². The molecule has 0 spiro atoms. The number of thioether (sulfide) groups is 1. The average Bonchev–Trinajstić information content (AvgIpc) is 3.40. The van der Waals surface area contributed by atoms with Gasteiger partial charge in [0, 0.05) is 34.5 Å². The molecule has 3 N–H and O–H groups in total. The van der Waals surface area contributed by atoms with E-state index in [1.807, 2.05) is 24.4 Å². The number of aromatic nitrogens is 1. The van der Waals surface area contributed by atoms with Crippen LogP contribution in [-0.4, -0.2) is 53.8 Å². The number of hydrogen-bond acceptors (Lipinski definition) is 6. The van der Waals surface area contributed by atoms with Gasteiger partial charge in [0.05, 0.1) is 28.3 Å². The minimum absolute atomic E-state index is 0.0581. The van der Waals surface area contributed by atoms with Crippen LogP contribution in [0, 0.1) is 0 Å². The standard InChI is InChI=1S/C22H21ClN4O3S2/c23-16-6-5-13(9-18(16)26-22-27-19-11-32(29,30)12-20(19)31-22)21(28)24-8-7-14-10-25-17-4-2-1-3-15(14)17/h1-6,9-10,19-20,25H,7-8,11-12H2,(H,24,28)(H,26,27)/t19-,20+/m0/s1. The van der Waals surface area contributed by atoms with E-state index in [-0.39, 0.29) is 28.7 Å². The Balaban J connectivity index is 1.22. The Morgan fingerprint density at radius 1 is 1.22 bits per heavy atom. The molecule has 32 heavy (non-hydrogen) atoms. The minimum Gasteiger partial charge on any atom is -0.361 e. The van der Waals surface area contributed by atoms with E-state index >= 15 is 0 Å². The number of aromatic amines is 1. The lowest BCUT2D eigenvalue weighted by Gasteiger charge is -2.11. The number of para-hydroxylation sites is 1. The molecule has 0 unspecified atom stereocenters. The number of amidine groups is 1. The number of nitrogens with one attached hydrogen (secondary N) is 3. The highest BCUT2D eigenvalue weighted by Crippen LogP contribution is 2.35. The molecule has 2 atom stereocenters. The molecule has 2 aromatic carbocycles. The smallest absolute Gasteiger partial charge is 0.251 e. The molecular formula is C22H21ClN4O3S2. The molecule has 0 radical (unpaired) electrons. The number of anilines is 1. The molecular weight excluding hydrogens is 468 g/mol. The molecule has 166 valence electrons.